The van der Waals surface area contributed by atoms with Crippen LogP contribution in [-0.2, 0) is 10.0 Å². The predicted octanol–water partition coefficient (Wildman–Crippen LogP) is 1.000. The van der Waals surface area contributed by atoms with E-state index in [1.807, 2.05) is 0 Å². The second-order valence-corrected chi connectivity index (χ2v) is 5.56. The van der Waals surface area contributed by atoms with Gasteiger partial charge in [0.15, 0.2) is 0 Å². The van der Waals surface area contributed by atoms with E-state index in [2.05, 4.69) is 15.1 Å². The van der Waals surface area contributed by atoms with Gasteiger partial charge in [-0.1, -0.05) is 0 Å². The standard InChI is InChI=1S/C11H14N4O3S/c1-8(10-3-2-6-18-10)15-19(16,17)11-7-13-5-4-9(11)14-12/h2-8,15H,12H2,1H3,(H,13,14). The molecule has 0 bridgehead atoms. The molecular formula is C11H14N4O3S. The summed E-state index contributed by atoms with van der Waals surface area (Å²) in [4.78, 5) is 3.77. The summed E-state index contributed by atoms with van der Waals surface area (Å²) in [6.45, 7) is 1.68. The summed E-state index contributed by atoms with van der Waals surface area (Å²) in [6, 6.07) is 4.37. The van der Waals surface area contributed by atoms with Gasteiger partial charge in [0.05, 0.1) is 18.0 Å². The van der Waals surface area contributed by atoms with E-state index >= 15 is 0 Å². The molecule has 2 heterocycles. The van der Waals surface area contributed by atoms with Crippen LogP contribution in [0, 0.1) is 0 Å². The molecule has 1 atom stereocenters. The third-order valence-electron chi connectivity index (χ3n) is 2.53. The molecule has 0 amide bonds. The zero-order valence-corrected chi connectivity index (χ0v) is 11.0. The SMILES string of the molecule is CC(NS(=O)(=O)c1cnccc1NN)c1ccco1. The molecule has 0 saturated heterocycles. The summed E-state index contributed by atoms with van der Waals surface area (Å²) in [7, 11) is -3.74. The second-order valence-electron chi connectivity index (χ2n) is 3.87. The van der Waals surface area contributed by atoms with Crippen LogP contribution in [0.5, 0.6) is 0 Å². The third kappa shape index (κ3) is 2.92. The molecule has 1 unspecified atom stereocenters. The number of sulfonamides is 1. The molecule has 0 aromatic carbocycles. The minimum absolute atomic E-state index is 0.0177. The molecule has 0 fully saturated rings. The van der Waals surface area contributed by atoms with E-state index in [4.69, 9.17) is 10.3 Å². The number of anilines is 1. The normalized spacial score (nSPS) is 13.2. The number of aromatic nitrogens is 1. The summed E-state index contributed by atoms with van der Waals surface area (Å²) >= 11 is 0. The van der Waals surface area contributed by atoms with Crippen LogP contribution in [-0.4, -0.2) is 13.4 Å². The van der Waals surface area contributed by atoms with Crippen LogP contribution in [0.25, 0.3) is 0 Å². The van der Waals surface area contributed by atoms with Crippen molar-refractivity contribution in [3.8, 4) is 0 Å². The van der Waals surface area contributed by atoms with Crippen molar-refractivity contribution in [2.24, 2.45) is 5.84 Å². The van der Waals surface area contributed by atoms with E-state index in [9.17, 15) is 8.42 Å². The number of nitrogens with two attached hydrogens (primary N) is 1. The monoisotopic (exact) mass is 282 g/mol. The molecule has 7 nitrogen and oxygen atoms in total. The minimum atomic E-state index is -3.74. The van der Waals surface area contributed by atoms with Gasteiger partial charge in [-0.25, -0.2) is 13.1 Å². The van der Waals surface area contributed by atoms with E-state index in [1.165, 1.54) is 24.7 Å². The molecule has 2 aromatic rings. The average molecular weight is 282 g/mol. The lowest BCUT2D eigenvalue weighted by molar-refractivity contribution is 0.459. The van der Waals surface area contributed by atoms with Crippen LogP contribution in [0.3, 0.4) is 0 Å². The summed E-state index contributed by atoms with van der Waals surface area (Å²) in [6.07, 6.45) is 4.16. The maximum Gasteiger partial charge on any atom is 0.244 e. The van der Waals surface area contributed by atoms with Crippen LogP contribution >= 0.6 is 0 Å². The zero-order chi connectivity index (χ0) is 13.9. The van der Waals surface area contributed by atoms with Crippen molar-refractivity contribution in [1.82, 2.24) is 9.71 Å². The topological polar surface area (TPSA) is 110 Å². The maximum atomic E-state index is 12.2. The second kappa shape index (κ2) is 5.39. The van der Waals surface area contributed by atoms with Crippen molar-refractivity contribution in [2.75, 3.05) is 5.43 Å². The van der Waals surface area contributed by atoms with Crippen molar-refractivity contribution < 1.29 is 12.8 Å². The third-order valence-corrected chi connectivity index (χ3v) is 4.10. The summed E-state index contributed by atoms with van der Waals surface area (Å²) in [5, 5.41) is 0. The lowest BCUT2D eigenvalue weighted by Gasteiger charge is -2.14. The van der Waals surface area contributed by atoms with Gasteiger partial charge in [-0.15, -0.1) is 0 Å². The molecule has 0 spiro atoms. The number of hydrazine groups is 1. The highest BCUT2D eigenvalue weighted by atomic mass is 32.2. The molecule has 0 aliphatic heterocycles. The largest absolute Gasteiger partial charge is 0.468 e. The number of pyridine rings is 1. The molecule has 8 heteroatoms. The van der Waals surface area contributed by atoms with Crippen molar-refractivity contribution in [1.29, 1.82) is 0 Å². The average Bonchev–Trinajstić information content (AvgIpc) is 2.92. The van der Waals surface area contributed by atoms with E-state index in [-0.39, 0.29) is 10.6 Å². The maximum absolute atomic E-state index is 12.2. The van der Waals surface area contributed by atoms with E-state index in [0.717, 1.165) is 0 Å². The lowest BCUT2D eigenvalue weighted by atomic mass is 10.3. The number of hydrogen-bond acceptors (Lipinski definition) is 6. The number of furan rings is 1. The molecule has 0 aliphatic carbocycles. The van der Waals surface area contributed by atoms with Crippen molar-refractivity contribution in [3.63, 3.8) is 0 Å². The van der Waals surface area contributed by atoms with Crippen LogP contribution in [0.4, 0.5) is 5.69 Å². The van der Waals surface area contributed by atoms with E-state index < -0.39 is 16.1 Å². The fourth-order valence-corrected chi connectivity index (χ4v) is 2.93. The van der Waals surface area contributed by atoms with Gasteiger partial charge in [-0.2, -0.15) is 0 Å². The first kappa shape index (κ1) is 13.5. The number of rotatable bonds is 5. The Morgan fingerprint density at radius 2 is 2.21 bits per heavy atom. The first-order valence-electron chi connectivity index (χ1n) is 5.51. The molecule has 0 aliphatic rings. The van der Waals surface area contributed by atoms with Gasteiger partial charge >= 0.3 is 0 Å². The first-order valence-corrected chi connectivity index (χ1v) is 6.99. The fourth-order valence-electron chi connectivity index (χ4n) is 1.61. The number of hydrogen-bond donors (Lipinski definition) is 3. The number of nitrogens with zero attached hydrogens (tertiary/aromatic N) is 1. The van der Waals surface area contributed by atoms with Gasteiger partial charge in [-0.05, 0) is 25.1 Å². The minimum Gasteiger partial charge on any atom is -0.468 e. The van der Waals surface area contributed by atoms with Gasteiger partial charge < -0.3 is 9.84 Å². The highest BCUT2D eigenvalue weighted by molar-refractivity contribution is 7.89. The number of nitrogen functional groups attached to an aromatic ring is 1. The van der Waals surface area contributed by atoms with Crippen molar-refractivity contribution >= 4 is 15.7 Å². The quantitative estimate of drug-likeness (QED) is 0.557. The summed E-state index contributed by atoms with van der Waals surface area (Å²) in [5.41, 5.74) is 2.60. The molecule has 0 radical (unpaired) electrons. The highest BCUT2D eigenvalue weighted by Gasteiger charge is 2.22. The van der Waals surface area contributed by atoms with Crippen LogP contribution in [0.2, 0.25) is 0 Å². The van der Waals surface area contributed by atoms with Gasteiger partial charge in [0.1, 0.15) is 10.7 Å². The molecule has 102 valence electrons. The highest BCUT2D eigenvalue weighted by Crippen LogP contribution is 2.21. The van der Waals surface area contributed by atoms with Crippen LogP contribution in [0.1, 0.15) is 18.7 Å². The smallest absolute Gasteiger partial charge is 0.244 e. The Bertz CT molecular complexity index is 640. The van der Waals surface area contributed by atoms with Gasteiger partial charge in [-0.3, -0.25) is 10.8 Å². The Balaban J connectivity index is 2.28. The van der Waals surface area contributed by atoms with E-state index in [1.54, 1.807) is 19.1 Å². The Morgan fingerprint density at radius 1 is 1.42 bits per heavy atom. The Morgan fingerprint density at radius 3 is 2.84 bits per heavy atom. The molecule has 2 aromatic heterocycles. The zero-order valence-electron chi connectivity index (χ0n) is 10.2. The van der Waals surface area contributed by atoms with Gasteiger partial charge in [0, 0.05) is 12.4 Å². The summed E-state index contributed by atoms with van der Waals surface area (Å²) in [5.74, 6) is 5.81. The van der Waals surface area contributed by atoms with Gasteiger partial charge in [0.2, 0.25) is 10.0 Å². The molecule has 4 N–H and O–H groups in total. The Labute approximate surface area is 110 Å². The predicted molar refractivity (Wildman–Crippen MR) is 69.5 cm³/mol. The first-order chi connectivity index (χ1) is 9.04. The summed E-state index contributed by atoms with van der Waals surface area (Å²) < 4.78 is 32.1. The lowest BCUT2D eigenvalue weighted by Crippen LogP contribution is -2.28. The van der Waals surface area contributed by atoms with Gasteiger partial charge in [0.25, 0.3) is 0 Å². The van der Waals surface area contributed by atoms with Crippen LogP contribution < -0.4 is 16.0 Å². The van der Waals surface area contributed by atoms with Crippen molar-refractivity contribution in [2.45, 2.75) is 17.9 Å². The Hall–Kier alpha value is -1.90. The van der Waals surface area contributed by atoms with Crippen molar-refractivity contribution in [3.05, 3.63) is 42.6 Å². The van der Waals surface area contributed by atoms with Crippen LogP contribution in [0.15, 0.2) is 46.2 Å². The Kier molecular flexibility index (Phi) is 3.84. The molecular weight excluding hydrogens is 268 g/mol. The number of nitrogens with one attached hydrogen (secondary N) is 2. The van der Waals surface area contributed by atoms with E-state index in [0.29, 0.717) is 5.76 Å². The fraction of sp³-hybridized carbons (Fsp3) is 0.182. The molecule has 19 heavy (non-hydrogen) atoms. The molecule has 0 saturated carbocycles. The molecule has 2 rings (SSSR count).